The van der Waals surface area contributed by atoms with Gasteiger partial charge in [0.15, 0.2) is 0 Å². The highest BCUT2D eigenvalue weighted by Crippen LogP contribution is 2.52. The number of likely N-dealkylation sites (tertiary alicyclic amines) is 1. The van der Waals surface area contributed by atoms with Gasteiger partial charge in [0, 0.05) is 16.0 Å². The molecule has 5 atom stereocenters. The molecule has 1 aliphatic heterocycles. The van der Waals surface area contributed by atoms with E-state index in [4.69, 9.17) is 23.2 Å². The molecule has 0 saturated carbocycles. The summed E-state index contributed by atoms with van der Waals surface area (Å²) in [6.45, 7) is 5.29. The predicted octanol–water partition coefficient (Wildman–Crippen LogP) is 5.69. The molecule has 2 N–H and O–H groups in total. The second-order valence-electron chi connectivity index (χ2n) is 8.92. The molecule has 1 fully saturated rings. The molecule has 1 aliphatic rings. The Morgan fingerprint density at radius 2 is 1.81 bits per heavy atom. The molecule has 7 heteroatoms. The number of amides is 1. The van der Waals surface area contributed by atoms with Gasteiger partial charge in [0.2, 0.25) is 5.91 Å². The van der Waals surface area contributed by atoms with Crippen molar-refractivity contribution in [3.63, 3.8) is 0 Å². The molecule has 0 spiro atoms. The maximum absolute atomic E-state index is 13.9. The van der Waals surface area contributed by atoms with Crippen molar-refractivity contribution in [2.75, 3.05) is 0 Å². The highest BCUT2D eigenvalue weighted by molar-refractivity contribution is 6.30. The summed E-state index contributed by atoms with van der Waals surface area (Å²) < 4.78 is 0. The van der Waals surface area contributed by atoms with Crippen LogP contribution in [0.3, 0.4) is 0 Å². The second-order valence-corrected chi connectivity index (χ2v) is 9.79. The number of carboxylic acids is 1. The van der Waals surface area contributed by atoms with E-state index in [1.54, 1.807) is 36.9 Å². The van der Waals surface area contributed by atoms with Gasteiger partial charge in [0.25, 0.3) is 0 Å². The fraction of sp³-hybridized carbons (Fsp3) is 0.440. The smallest absolute Gasteiger partial charge is 0.304 e. The first-order valence-electron chi connectivity index (χ1n) is 10.8. The summed E-state index contributed by atoms with van der Waals surface area (Å²) in [6, 6.07) is 13.9. The minimum Gasteiger partial charge on any atom is -0.481 e. The van der Waals surface area contributed by atoms with Crippen LogP contribution >= 0.6 is 23.2 Å². The summed E-state index contributed by atoms with van der Waals surface area (Å²) in [5.41, 5.74) is 0.681. The van der Waals surface area contributed by atoms with Crippen molar-refractivity contribution >= 4 is 35.1 Å². The van der Waals surface area contributed by atoms with Gasteiger partial charge in [-0.05, 0) is 55.2 Å². The van der Waals surface area contributed by atoms with Gasteiger partial charge < -0.3 is 15.1 Å². The van der Waals surface area contributed by atoms with Gasteiger partial charge in [-0.1, -0.05) is 61.3 Å². The Hall–Kier alpha value is -2.08. The Kier molecular flexibility index (Phi) is 7.53. The number of aliphatic hydroxyl groups excluding tert-OH is 1. The van der Waals surface area contributed by atoms with Crippen LogP contribution < -0.4 is 0 Å². The van der Waals surface area contributed by atoms with Crippen molar-refractivity contribution < 1.29 is 19.8 Å². The molecule has 2 aromatic carbocycles. The van der Waals surface area contributed by atoms with Gasteiger partial charge in [-0.15, -0.1) is 0 Å². The average molecular weight is 478 g/mol. The van der Waals surface area contributed by atoms with Crippen LogP contribution in [-0.4, -0.2) is 39.1 Å². The SMILES string of the molecule is CC[C@@H]([C@@H](C)O)N1C(=O)[C@](C)(CC(=O)O)C[C@H](c2cccc(Cl)c2)[C@H]1c1ccc(Cl)cc1. The zero-order chi connectivity index (χ0) is 23.6. The van der Waals surface area contributed by atoms with Gasteiger partial charge in [-0.3, -0.25) is 9.59 Å². The van der Waals surface area contributed by atoms with Crippen LogP contribution in [0.5, 0.6) is 0 Å². The molecule has 0 bridgehead atoms. The average Bonchev–Trinajstić information content (AvgIpc) is 2.71. The Bertz CT molecular complexity index is 978. The van der Waals surface area contributed by atoms with E-state index in [1.807, 2.05) is 37.3 Å². The van der Waals surface area contributed by atoms with E-state index in [0.29, 0.717) is 22.9 Å². The first-order chi connectivity index (χ1) is 15.1. The number of hydrogen-bond acceptors (Lipinski definition) is 3. The van der Waals surface area contributed by atoms with Crippen LogP contribution in [0.1, 0.15) is 63.1 Å². The van der Waals surface area contributed by atoms with Crippen molar-refractivity contribution in [3.05, 3.63) is 69.7 Å². The third kappa shape index (κ3) is 4.95. The van der Waals surface area contributed by atoms with Crippen molar-refractivity contribution in [2.24, 2.45) is 5.41 Å². The van der Waals surface area contributed by atoms with E-state index in [0.717, 1.165) is 11.1 Å². The van der Waals surface area contributed by atoms with Gasteiger partial charge in [-0.2, -0.15) is 0 Å². The number of benzene rings is 2. The maximum atomic E-state index is 13.9. The molecule has 172 valence electrons. The number of carboxylic acid groups (broad SMARTS) is 1. The van der Waals surface area contributed by atoms with Gasteiger partial charge in [-0.25, -0.2) is 0 Å². The Morgan fingerprint density at radius 3 is 2.34 bits per heavy atom. The number of nitrogens with zero attached hydrogens (tertiary/aromatic N) is 1. The lowest BCUT2D eigenvalue weighted by atomic mass is 9.67. The van der Waals surface area contributed by atoms with E-state index in [1.165, 1.54) is 0 Å². The standard InChI is InChI=1S/C25H29Cl2NO4/c1-4-21(15(2)29)28-23(16-8-10-18(26)11-9-16)20(17-6-5-7-19(27)12-17)13-25(3,24(28)32)14-22(30)31/h5-12,15,20-21,23,29H,4,13-14H2,1-3H3,(H,30,31)/t15-,20-,21+,23-,25+/m1/s1. The summed E-state index contributed by atoms with van der Waals surface area (Å²) >= 11 is 12.4. The monoisotopic (exact) mass is 477 g/mol. The van der Waals surface area contributed by atoms with E-state index in [2.05, 4.69) is 0 Å². The van der Waals surface area contributed by atoms with Crippen molar-refractivity contribution in [1.29, 1.82) is 0 Å². The fourth-order valence-electron chi connectivity index (χ4n) is 5.02. The third-order valence-corrected chi connectivity index (χ3v) is 6.95. The number of carbonyl (C=O) groups excluding carboxylic acids is 1. The number of aliphatic hydroxyl groups is 1. The number of hydrogen-bond donors (Lipinski definition) is 2. The summed E-state index contributed by atoms with van der Waals surface area (Å²) in [4.78, 5) is 27.3. The lowest BCUT2D eigenvalue weighted by Gasteiger charge is -2.52. The number of piperidine rings is 1. The second kappa shape index (κ2) is 9.82. The summed E-state index contributed by atoms with van der Waals surface area (Å²) in [5.74, 6) is -1.50. The molecule has 1 saturated heterocycles. The highest BCUT2D eigenvalue weighted by Gasteiger charge is 2.52. The van der Waals surface area contributed by atoms with E-state index in [-0.39, 0.29) is 18.2 Å². The van der Waals surface area contributed by atoms with Crippen LogP contribution in [-0.2, 0) is 9.59 Å². The van der Waals surface area contributed by atoms with Crippen LogP contribution in [0.25, 0.3) is 0 Å². The molecule has 0 radical (unpaired) electrons. The molecule has 0 unspecified atom stereocenters. The molecular weight excluding hydrogens is 449 g/mol. The van der Waals surface area contributed by atoms with Gasteiger partial charge in [0.1, 0.15) is 0 Å². The number of carbonyl (C=O) groups is 2. The Morgan fingerprint density at radius 1 is 1.16 bits per heavy atom. The van der Waals surface area contributed by atoms with E-state index in [9.17, 15) is 19.8 Å². The fourth-order valence-corrected chi connectivity index (χ4v) is 5.34. The quantitative estimate of drug-likeness (QED) is 0.536. The lowest BCUT2D eigenvalue weighted by Crippen LogP contribution is -2.58. The normalized spacial score (nSPS) is 25.4. The molecule has 3 rings (SSSR count). The predicted molar refractivity (Wildman–Crippen MR) is 126 cm³/mol. The first-order valence-corrected chi connectivity index (χ1v) is 11.6. The van der Waals surface area contributed by atoms with Crippen molar-refractivity contribution in [1.82, 2.24) is 4.90 Å². The minimum absolute atomic E-state index is 0.218. The molecular formula is C25H29Cl2NO4. The van der Waals surface area contributed by atoms with Gasteiger partial charge in [0.05, 0.1) is 30.0 Å². The molecule has 32 heavy (non-hydrogen) atoms. The summed E-state index contributed by atoms with van der Waals surface area (Å²) in [5, 5.41) is 21.3. The summed E-state index contributed by atoms with van der Waals surface area (Å²) in [6.07, 6.45) is -0.202. The number of aliphatic carboxylic acids is 1. The van der Waals surface area contributed by atoms with Crippen molar-refractivity contribution in [3.8, 4) is 0 Å². The van der Waals surface area contributed by atoms with Gasteiger partial charge >= 0.3 is 5.97 Å². The van der Waals surface area contributed by atoms with Crippen LogP contribution in [0, 0.1) is 5.41 Å². The Balaban J connectivity index is 2.25. The van der Waals surface area contributed by atoms with Crippen molar-refractivity contribution in [2.45, 2.75) is 64.1 Å². The largest absolute Gasteiger partial charge is 0.481 e. The number of halogens is 2. The highest BCUT2D eigenvalue weighted by atomic mass is 35.5. The Labute approximate surface area is 199 Å². The molecule has 0 aromatic heterocycles. The molecule has 1 amide bonds. The van der Waals surface area contributed by atoms with E-state index >= 15 is 0 Å². The maximum Gasteiger partial charge on any atom is 0.304 e. The molecule has 5 nitrogen and oxygen atoms in total. The van der Waals surface area contributed by atoms with E-state index < -0.39 is 29.6 Å². The van der Waals surface area contributed by atoms with Crippen LogP contribution in [0.15, 0.2) is 48.5 Å². The number of rotatable bonds is 7. The van der Waals surface area contributed by atoms with Crippen LogP contribution in [0.2, 0.25) is 10.0 Å². The topological polar surface area (TPSA) is 77.8 Å². The van der Waals surface area contributed by atoms with Crippen LogP contribution in [0.4, 0.5) is 0 Å². The summed E-state index contributed by atoms with van der Waals surface area (Å²) in [7, 11) is 0. The molecule has 0 aliphatic carbocycles. The zero-order valence-electron chi connectivity index (χ0n) is 18.5. The third-order valence-electron chi connectivity index (χ3n) is 6.46. The zero-order valence-corrected chi connectivity index (χ0v) is 20.0. The lowest BCUT2D eigenvalue weighted by molar-refractivity contribution is -0.163. The molecule has 1 heterocycles. The molecule has 2 aromatic rings. The first kappa shape index (κ1) is 24.6. The minimum atomic E-state index is -1.12.